The van der Waals surface area contributed by atoms with Gasteiger partial charge in [0.05, 0.1) is 17.1 Å². The van der Waals surface area contributed by atoms with Crippen LogP contribution < -0.4 is 4.74 Å². The zero-order chi connectivity index (χ0) is 23.7. The Balaban J connectivity index is 1.32. The van der Waals surface area contributed by atoms with Crippen LogP contribution in [-0.4, -0.2) is 55.6 Å². The fourth-order valence-electron chi connectivity index (χ4n) is 8.20. The first-order valence-electron chi connectivity index (χ1n) is 12.9. The van der Waals surface area contributed by atoms with Crippen LogP contribution in [0.5, 0.6) is 17.4 Å². The van der Waals surface area contributed by atoms with E-state index in [2.05, 4.69) is 4.90 Å². The Labute approximate surface area is 202 Å². The molecule has 3 N–H and O–H groups in total. The highest BCUT2D eigenvalue weighted by atomic mass is 19.1. The number of rotatable bonds is 3. The molecule has 2 bridgehead atoms. The summed E-state index contributed by atoms with van der Waals surface area (Å²) in [5.41, 5.74) is 0.438. The van der Waals surface area contributed by atoms with Gasteiger partial charge in [-0.05, 0) is 74.8 Å². The fraction of sp³-hybridized carbons (Fsp3) is 0.500. The summed E-state index contributed by atoms with van der Waals surface area (Å²) < 4.78 is 22.9. The minimum absolute atomic E-state index is 0.00155. The molecule has 0 amide bonds. The van der Waals surface area contributed by atoms with E-state index >= 15 is 0 Å². The number of hydrogen-bond acceptors (Lipinski definition) is 5. The molecule has 2 saturated carbocycles. The largest absolute Gasteiger partial charge is 0.504 e. The number of phenols is 1. The second-order valence-corrected chi connectivity index (χ2v) is 11.5. The molecule has 1 aromatic heterocycles. The third-order valence-electron chi connectivity index (χ3n) is 9.90. The zero-order valence-corrected chi connectivity index (χ0v) is 19.5. The van der Waals surface area contributed by atoms with E-state index in [1.807, 2.05) is 6.07 Å². The van der Waals surface area contributed by atoms with Gasteiger partial charge in [0.15, 0.2) is 17.4 Å². The van der Waals surface area contributed by atoms with Gasteiger partial charge in [-0.1, -0.05) is 12.1 Å². The van der Waals surface area contributed by atoms with Gasteiger partial charge < -0.3 is 24.6 Å². The van der Waals surface area contributed by atoms with Crippen LogP contribution in [0.1, 0.15) is 49.3 Å². The predicted molar refractivity (Wildman–Crippen MR) is 127 cm³/mol. The van der Waals surface area contributed by atoms with Gasteiger partial charge in [-0.2, -0.15) is 0 Å². The van der Waals surface area contributed by atoms with Crippen LogP contribution in [0.3, 0.4) is 0 Å². The van der Waals surface area contributed by atoms with E-state index in [9.17, 15) is 19.7 Å². The smallest absolute Gasteiger partial charge is 0.199 e. The summed E-state index contributed by atoms with van der Waals surface area (Å²) in [4.78, 5) is 2.50. The lowest BCUT2D eigenvalue weighted by atomic mass is 9.48. The van der Waals surface area contributed by atoms with Gasteiger partial charge in [0.1, 0.15) is 11.9 Å². The van der Waals surface area contributed by atoms with E-state index < -0.39 is 17.1 Å². The second kappa shape index (κ2) is 6.51. The molecule has 182 valence electrons. The van der Waals surface area contributed by atoms with Crippen LogP contribution in [-0.2, 0) is 11.8 Å². The van der Waals surface area contributed by atoms with Crippen molar-refractivity contribution in [3.63, 3.8) is 0 Å². The number of fused-ring (bicyclic) bond motifs is 1. The SMILES string of the molecule is Oc1ccc2c3c1O[C@H]1[C@H](n4cc5c(F)cccc5c4O)CC[C@@]4(O)[C@@H](C2)N(CC2CC2)CC[C@]314. The highest BCUT2D eigenvalue weighted by molar-refractivity contribution is 5.88. The van der Waals surface area contributed by atoms with Crippen LogP contribution in [0, 0.1) is 11.7 Å². The number of ether oxygens (including phenoxy) is 1. The molecule has 3 fully saturated rings. The third-order valence-corrected chi connectivity index (χ3v) is 9.90. The van der Waals surface area contributed by atoms with Crippen LogP contribution >= 0.6 is 0 Å². The number of halogens is 1. The van der Waals surface area contributed by atoms with Crippen LogP contribution in [0.2, 0.25) is 0 Å². The molecule has 1 spiro atoms. The molecule has 0 radical (unpaired) electrons. The summed E-state index contributed by atoms with van der Waals surface area (Å²) in [5.74, 6) is 0.961. The number of hydrogen-bond donors (Lipinski definition) is 3. The van der Waals surface area contributed by atoms with Crippen molar-refractivity contribution >= 4 is 10.8 Å². The Kier molecular flexibility index (Phi) is 3.80. The van der Waals surface area contributed by atoms with Crippen molar-refractivity contribution in [2.45, 2.75) is 67.7 Å². The molecule has 5 aliphatic rings. The lowest BCUT2D eigenvalue weighted by molar-refractivity contribution is -0.195. The first-order valence-corrected chi connectivity index (χ1v) is 12.9. The molecule has 2 aliphatic heterocycles. The maximum Gasteiger partial charge on any atom is 0.199 e. The van der Waals surface area contributed by atoms with Gasteiger partial charge in [0, 0.05) is 35.1 Å². The van der Waals surface area contributed by atoms with Gasteiger partial charge in [-0.25, -0.2) is 4.39 Å². The molecule has 35 heavy (non-hydrogen) atoms. The van der Waals surface area contributed by atoms with Crippen molar-refractivity contribution in [1.29, 1.82) is 0 Å². The van der Waals surface area contributed by atoms with Gasteiger partial charge in [-0.15, -0.1) is 0 Å². The molecule has 7 heteroatoms. The molecule has 3 aliphatic carbocycles. The van der Waals surface area contributed by atoms with E-state index in [-0.39, 0.29) is 29.5 Å². The van der Waals surface area contributed by atoms with E-state index in [0.29, 0.717) is 29.4 Å². The van der Waals surface area contributed by atoms with E-state index in [1.165, 1.54) is 18.9 Å². The second-order valence-electron chi connectivity index (χ2n) is 11.5. The third kappa shape index (κ3) is 2.36. The van der Waals surface area contributed by atoms with Crippen LogP contribution in [0.15, 0.2) is 36.5 Å². The Morgan fingerprint density at radius 2 is 1.91 bits per heavy atom. The first kappa shape index (κ1) is 20.4. The average molecular weight is 477 g/mol. The molecular formula is C28H29FN2O4. The van der Waals surface area contributed by atoms with E-state index in [0.717, 1.165) is 43.0 Å². The summed E-state index contributed by atoms with van der Waals surface area (Å²) in [6, 6.07) is 8.14. The number of aromatic hydroxyl groups is 2. The molecule has 8 rings (SSSR count). The van der Waals surface area contributed by atoms with Crippen LogP contribution in [0.4, 0.5) is 4.39 Å². The van der Waals surface area contributed by atoms with E-state index in [4.69, 9.17) is 4.74 Å². The zero-order valence-electron chi connectivity index (χ0n) is 19.5. The minimum Gasteiger partial charge on any atom is -0.504 e. The number of likely N-dealkylation sites (tertiary alicyclic amines) is 1. The molecule has 6 nitrogen and oxygen atoms in total. The Hall–Kier alpha value is -2.77. The topological polar surface area (TPSA) is 78.1 Å². The fourth-order valence-corrected chi connectivity index (χ4v) is 8.20. The monoisotopic (exact) mass is 476 g/mol. The number of aromatic nitrogens is 1. The number of piperidine rings is 1. The first-order chi connectivity index (χ1) is 16.9. The van der Waals surface area contributed by atoms with Gasteiger partial charge in [0.25, 0.3) is 0 Å². The molecule has 0 unspecified atom stereocenters. The number of phenolic OH excluding ortho intramolecular Hbond substituents is 1. The summed E-state index contributed by atoms with van der Waals surface area (Å²) >= 11 is 0. The van der Waals surface area contributed by atoms with Crippen molar-refractivity contribution in [3.05, 3.63) is 53.5 Å². The number of aliphatic hydroxyl groups is 1. The quantitative estimate of drug-likeness (QED) is 0.533. The molecule has 5 atom stereocenters. The highest BCUT2D eigenvalue weighted by Gasteiger charge is 2.73. The van der Waals surface area contributed by atoms with Crippen molar-refractivity contribution in [1.82, 2.24) is 9.47 Å². The predicted octanol–water partition coefficient (Wildman–Crippen LogP) is 4.00. The van der Waals surface area contributed by atoms with Crippen molar-refractivity contribution in [3.8, 4) is 17.4 Å². The van der Waals surface area contributed by atoms with Gasteiger partial charge in [0.2, 0.25) is 0 Å². The van der Waals surface area contributed by atoms with E-state index in [1.54, 1.807) is 29.0 Å². The summed E-state index contributed by atoms with van der Waals surface area (Å²) in [5, 5.41) is 35.4. The molecule has 2 aromatic carbocycles. The maximum atomic E-state index is 14.6. The van der Waals surface area contributed by atoms with Crippen molar-refractivity contribution in [2.75, 3.05) is 13.1 Å². The Morgan fingerprint density at radius 1 is 1.06 bits per heavy atom. The Morgan fingerprint density at radius 3 is 2.71 bits per heavy atom. The average Bonchev–Trinajstić information content (AvgIpc) is 3.49. The van der Waals surface area contributed by atoms with Crippen molar-refractivity contribution in [2.24, 2.45) is 5.92 Å². The maximum absolute atomic E-state index is 14.6. The standard InChI is InChI=1S/C28H29FN2O4/c29-19-3-1-2-17-18(19)14-31(26(17)33)20-8-9-28(34)22-12-16-6-7-21(32)24-23(16)27(28,25(20)35-24)10-11-30(22)13-15-4-5-15/h1-3,6-7,14-15,20,22,25,32-34H,4-5,8-13H2/t20-,22-,25+,27+,28-/m1/s1. The molecule has 1 saturated heterocycles. The van der Waals surface area contributed by atoms with Crippen LogP contribution in [0.25, 0.3) is 10.8 Å². The number of benzene rings is 2. The molecule has 3 heterocycles. The summed E-state index contributed by atoms with van der Waals surface area (Å²) in [6.45, 7) is 1.90. The number of nitrogens with zero attached hydrogens (tertiary/aromatic N) is 2. The summed E-state index contributed by atoms with van der Waals surface area (Å²) in [7, 11) is 0. The lowest BCUT2D eigenvalue weighted by Crippen LogP contribution is -2.76. The Bertz CT molecular complexity index is 1400. The van der Waals surface area contributed by atoms with Gasteiger partial charge in [-0.3, -0.25) is 4.90 Å². The highest BCUT2D eigenvalue weighted by Crippen LogP contribution is 2.67. The summed E-state index contributed by atoms with van der Waals surface area (Å²) in [6.07, 6.45) is 6.39. The molecular weight excluding hydrogens is 447 g/mol. The molecule has 3 aromatic rings. The normalized spacial score (nSPS) is 35.2. The van der Waals surface area contributed by atoms with Gasteiger partial charge >= 0.3 is 0 Å². The van der Waals surface area contributed by atoms with Crippen molar-refractivity contribution < 1.29 is 24.4 Å². The minimum atomic E-state index is -0.985. The lowest BCUT2D eigenvalue weighted by Gasteiger charge is -2.64.